The summed E-state index contributed by atoms with van der Waals surface area (Å²) in [5.74, 6) is 1.60. The van der Waals surface area contributed by atoms with Gasteiger partial charge in [-0.15, -0.1) is 0 Å². The van der Waals surface area contributed by atoms with Crippen LogP contribution in [0.2, 0.25) is 0 Å². The van der Waals surface area contributed by atoms with E-state index in [4.69, 9.17) is 13.0 Å². The number of alkyl halides is 3. The molecule has 0 aromatic rings. The summed E-state index contributed by atoms with van der Waals surface area (Å²) in [4.78, 5) is 5.61. The zero-order valence-electron chi connectivity index (χ0n) is 26.7. The number of hydrogen-bond acceptors (Lipinski definition) is 3. The van der Waals surface area contributed by atoms with Gasteiger partial charge in [0, 0.05) is 0 Å². The standard InChI is InChI=1S/C29H62N3.CHF3O3S/c1-7-13-19-21-27-32(28-22-20-14-8-2)29(30(23-15-9-3)24-16-10-4)31(25-17-11-5)26-18-12-6;2-1(3,4)8(5,6)7/h7-28H2,1-6H3;(H,5,6,7)/q+1;/p-1. The molecule has 0 saturated carbocycles. The van der Waals surface area contributed by atoms with E-state index < -0.39 is 15.6 Å². The maximum Gasteiger partial charge on any atom is 0.485 e. The van der Waals surface area contributed by atoms with Gasteiger partial charge in [-0.05, 0) is 38.5 Å². The number of hydrogen-bond donors (Lipinski definition) is 0. The lowest BCUT2D eigenvalue weighted by Gasteiger charge is -2.31. The monoisotopic (exact) mass is 601 g/mol. The maximum absolute atomic E-state index is 10.7. The highest BCUT2D eigenvalue weighted by molar-refractivity contribution is 7.86. The van der Waals surface area contributed by atoms with Crippen molar-refractivity contribution in [3.63, 3.8) is 0 Å². The van der Waals surface area contributed by atoms with Crippen LogP contribution in [0.25, 0.3) is 0 Å². The van der Waals surface area contributed by atoms with Crippen molar-refractivity contribution >= 4 is 16.1 Å². The molecule has 0 unspecified atom stereocenters. The van der Waals surface area contributed by atoms with Gasteiger partial charge in [0.05, 0.1) is 39.3 Å². The Hall–Kier alpha value is -1.03. The molecule has 0 aromatic heterocycles. The Bertz CT molecular complexity index is 665. The average Bonchev–Trinajstić information content (AvgIpc) is 2.89. The smallest absolute Gasteiger partial charge is 0.485 e. The van der Waals surface area contributed by atoms with Gasteiger partial charge in [-0.1, -0.05) is 106 Å². The van der Waals surface area contributed by atoms with Gasteiger partial charge in [0.2, 0.25) is 0 Å². The SMILES string of the molecule is CCCCCC[N+](CCCCCC)=C(N(CCCC)CCCC)N(CCCC)CCCC.O=S(=O)([O-])C(F)(F)F. The van der Waals surface area contributed by atoms with E-state index >= 15 is 0 Å². The van der Waals surface area contributed by atoms with Crippen molar-refractivity contribution < 1.29 is 30.7 Å². The van der Waals surface area contributed by atoms with Crippen molar-refractivity contribution in [2.24, 2.45) is 0 Å². The summed E-state index contributed by atoms with van der Waals surface area (Å²) in [6, 6.07) is 0. The summed E-state index contributed by atoms with van der Waals surface area (Å²) in [5, 5.41) is 0. The predicted octanol–water partition coefficient (Wildman–Crippen LogP) is 8.37. The minimum Gasteiger partial charge on any atom is -0.741 e. The Balaban J connectivity index is 0. The normalized spacial score (nSPS) is 11.7. The van der Waals surface area contributed by atoms with Crippen LogP contribution >= 0.6 is 0 Å². The molecule has 0 N–H and O–H groups in total. The first kappa shape index (κ1) is 41.1. The Morgan fingerprint density at radius 1 is 0.575 bits per heavy atom. The number of unbranched alkanes of at least 4 members (excludes halogenated alkanes) is 10. The predicted molar refractivity (Wildman–Crippen MR) is 162 cm³/mol. The average molecular weight is 602 g/mol. The van der Waals surface area contributed by atoms with Crippen LogP contribution in [0.1, 0.15) is 144 Å². The van der Waals surface area contributed by atoms with E-state index in [1.165, 1.54) is 142 Å². The molecule has 6 nitrogen and oxygen atoms in total. The van der Waals surface area contributed by atoms with E-state index in [1.807, 2.05) is 0 Å². The Morgan fingerprint density at radius 3 is 1.07 bits per heavy atom. The zero-order chi connectivity index (χ0) is 30.9. The van der Waals surface area contributed by atoms with Gasteiger partial charge in [0.1, 0.15) is 0 Å². The molecule has 0 spiro atoms. The molecule has 0 aromatic carbocycles. The molecule has 242 valence electrons. The van der Waals surface area contributed by atoms with Crippen molar-refractivity contribution in [2.75, 3.05) is 39.3 Å². The topological polar surface area (TPSA) is 66.7 Å². The minimum absolute atomic E-state index is 1.22. The summed E-state index contributed by atoms with van der Waals surface area (Å²) >= 11 is 0. The first-order valence-electron chi connectivity index (χ1n) is 16.1. The summed E-state index contributed by atoms with van der Waals surface area (Å²) < 4.78 is 61.7. The molecule has 0 saturated heterocycles. The van der Waals surface area contributed by atoms with Crippen LogP contribution < -0.4 is 0 Å². The molecular formula is C30H62F3N3O3S. The minimum atomic E-state index is -6.09. The summed E-state index contributed by atoms with van der Waals surface area (Å²) in [6.45, 7) is 21.4. The molecule has 0 amide bonds. The van der Waals surface area contributed by atoms with Gasteiger partial charge in [0.15, 0.2) is 10.1 Å². The fourth-order valence-electron chi connectivity index (χ4n) is 4.39. The lowest BCUT2D eigenvalue weighted by molar-refractivity contribution is -0.539. The molecule has 0 heterocycles. The summed E-state index contributed by atoms with van der Waals surface area (Å²) in [6.07, 6.45) is 21.2. The molecule has 0 bridgehead atoms. The Morgan fingerprint density at radius 2 is 0.850 bits per heavy atom. The Kier molecular flexibility index (Phi) is 26.4. The van der Waals surface area contributed by atoms with E-state index in [-0.39, 0.29) is 0 Å². The van der Waals surface area contributed by atoms with Crippen LogP contribution in [0.5, 0.6) is 0 Å². The molecule has 40 heavy (non-hydrogen) atoms. The van der Waals surface area contributed by atoms with Crippen LogP contribution in [0.3, 0.4) is 0 Å². The summed E-state index contributed by atoms with van der Waals surface area (Å²) in [7, 11) is -6.09. The molecular weight excluding hydrogens is 539 g/mol. The second-order valence-corrected chi connectivity index (χ2v) is 12.1. The van der Waals surface area contributed by atoms with Crippen LogP contribution in [0.15, 0.2) is 0 Å². The Labute approximate surface area is 245 Å². The second kappa shape index (κ2) is 25.7. The number of rotatable bonds is 22. The largest absolute Gasteiger partial charge is 0.741 e. The van der Waals surface area contributed by atoms with Gasteiger partial charge in [-0.2, -0.15) is 13.2 Å². The van der Waals surface area contributed by atoms with E-state index in [0.29, 0.717) is 0 Å². The fraction of sp³-hybridized carbons (Fsp3) is 0.967. The first-order valence-corrected chi connectivity index (χ1v) is 17.5. The van der Waals surface area contributed by atoms with Crippen molar-refractivity contribution in [1.82, 2.24) is 9.80 Å². The quantitative estimate of drug-likeness (QED) is 0.0311. The van der Waals surface area contributed by atoms with Gasteiger partial charge in [-0.25, -0.2) is 8.42 Å². The molecule has 0 fully saturated rings. The van der Waals surface area contributed by atoms with Crippen LogP contribution in [-0.4, -0.2) is 78.1 Å². The molecule has 0 radical (unpaired) electrons. The van der Waals surface area contributed by atoms with Gasteiger partial charge in [0.25, 0.3) is 0 Å². The second-order valence-electron chi connectivity index (χ2n) is 10.7. The van der Waals surface area contributed by atoms with Crippen molar-refractivity contribution in [1.29, 1.82) is 0 Å². The van der Waals surface area contributed by atoms with E-state index in [0.717, 1.165) is 0 Å². The maximum atomic E-state index is 10.7. The first-order chi connectivity index (χ1) is 18.9. The lowest BCUT2D eigenvalue weighted by Crippen LogP contribution is -2.51. The van der Waals surface area contributed by atoms with E-state index in [9.17, 15) is 13.2 Å². The fourth-order valence-corrected chi connectivity index (χ4v) is 4.39. The van der Waals surface area contributed by atoms with Gasteiger partial charge >= 0.3 is 11.5 Å². The third-order valence-corrected chi connectivity index (χ3v) is 7.39. The molecule has 0 aliphatic rings. The zero-order valence-corrected chi connectivity index (χ0v) is 27.5. The van der Waals surface area contributed by atoms with Crippen molar-refractivity contribution in [2.45, 2.75) is 150 Å². The highest BCUT2D eigenvalue weighted by atomic mass is 32.2. The van der Waals surface area contributed by atoms with E-state index in [2.05, 4.69) is 55.9 Å². The van der Waals surface area contributed by atoms with Gasteiger partial charge < -0.3 is 4.55 Å². The highest BCUT2D eigenvalue weighted by Crippen LogP contribution is 2.20. The van der Waals surface area contributed by atoms with Crippen molar-refractivity contribution in [3.05, 3.63) is 0 Å². The number of halogens is 3. The van der Waals surface area contributed by atoms with E-state index in [1.54, 1.807) is 5.96 Å². The van der Waals surface area contributed by atoms with Crippen LogP contribution in [-0.2, 0) is 10.1 Å². The number of nitrogens with zero attached hydrogens (tertiary/aromatic N) is 3. The third-order valence-electron chi connectivity index (χ3n) is 6.82. The molecule has 0 atom stereocenters. The lowest BCUT2D eigenvalue weighted by atomic mass is 10.2. The molecule has 0 rings (SSSR count). The van der Waals surface area contributed by atoms with Crippen LogP contribution in [0.4, 0.5) is 13.2 Å². The highest BCUT2D eigenvalue weighted by Gasteiger charge is 2.37. The molecule has 10 heteroatoms. The third kappa shape index (κ3) is 20.8. The van der Waals surface area contributed by atoms with Crippen LogP contribution in [0, 0.1) is 0 Å². The molecule has 0 aliphatic carbocycles. The van der Waals surface area contributed by atoms with Gasteiger partial charge in [-0.3, -0.25) is 14.4 Å². The van der Waals surface area contributed by atoms with Crippen molar-refractivity contribution in [3.8, 4) is 0 Å². The number of guanidine groups is 1. The molecule has 0 aliphatic heterocycles. The summed E-state index contributed by atoms with van der Waals surface area (Å²) in [5.41, 5.74) is -5.65.